The molecule has 0 aliphatic carbocycles. The first-order chi connectivity index (χ1) is 8.13. The molecular weight excluding hydrogens is 217 g/mol. The van der Waals surface area contributed by atoms with Crippen molar-refractivity contribution in [2.24, 2.45) is 0 Å². The van der Waals surface area contributed by atoms with Crippen LogP contribution in [0, 0.1) is 12.7 Å². The summed E-state index contributed by atoms with van der Waals surface area (Å²) in [6, 6.07) is 0. The van der Waals surface area contributed by atoms with Crippen molar-refractivity contribution in [3.8, 4) is 0 Å². The van der Waals surface area contributed by atoms with Crippen LogP contribution >= 0.6 is 0 Å². The van der Waals surface area contributed by atoms with Gasteiger partial charge in [-0.05, 0) is 26.2 Å². The minimum Gasteiger partial charge on any atom is -0.368 e. The van der Waals surface area contributed by atoms with Gasteiger partial charge in [0.1, 0.15) is 5.82 Å². The second kappa shape index (κ2) is 6.52. The summed E-state index contributed by atoms with van der Waals surface area (Å²) in [5.41, 5.74) is 0.431. The molecule has 1 aromatic heterocycles. The molecule has 0 radical (unpaired) electrons. The molecule has 0 spiro atoms. The van der Waals surface area contributed by atoms with E-state index >= 15 is 0 Å². The first kappa shape index (κ1) is 13.9. The smallest absolute Gasteiger partial charge is 0.186 e. The summed E-state index contributed by atoms with van der Waals surface area (Å²) >= 11 is 0. The molecule has 0 saturated carbocycles. The zero-order chi connectivity index (χ0) is 12.8. The standard InChI is InChI=1S/C13H22FN3/c1-5-8-15-13-11(14)9(4)16-12(17-13)10(6-2)7-3/h10H,5-8H2,1-4H3,(H,15,16,17). The van der Waals surface area contributed by atoms with E-state index in [1.807, 2.05) is 6.92 Å². The van der Waals surface area contributed by atoms with E-state index in [-0.39, 0.29) is 5.82 Å². The van der Waals surface area contributed by atoms with E-state index in [0.717, 1.165) is 31.6 Å². The molecule has 0 aromatic carbocycles. The van der Waals surface area contributed by atoms with Crippen LogP contribution in [-0.4, -0.2) is 16.5 Å². The summed E-state index contributed by atoms with van der Waals surface area (Å²) in [7, 11) is 0. The third kappa shape index (κ3) is 3.38. The summed E-state index contributed by atoms with van der Waals surface area (Å²) in [5, 5.41) is 3.02. The molecule has 17 heavy (non-hydrogen) atoms. The monoisotopic (exact) mass is 239 g/mol. The number of anilines is 1. The van der Waals surface area contributed by atoms with Gasteiger partial charge in [-0.1, -0.05) is 20.8 Å². The molecule has 0 aliphatic rings. The highest BCUT2D eigenvalue weighted by atomic mass is 19.1. The van der Waals surface area contributed by atoms with Gasteiger partial charge in [-0.3, -0.25) is 0 Å². The van der Waals surface area contributed by atoms with Crippen molar-refractivity contribution in [2.45, 2.75) is 52.9 Å². The zero-order valence-corrected chi connectivity index (χ0v) is 11.2. The Morgan fingerprint density at radius 1 is 1.18 bits per heavy atom. The van der Waals surface area contributed by atoms with Gasteiger partial charge in [-0.25, -0.2) is 14.4 Å². The molecule has 1 rings (SSSR count). The predicted octanol–water partition coefficient (Wildman–Crippen LogP) is 3.65. The summed E-state index contributed by atoms with van der Waals surface area (Å²) < 4.78 is 13.8. The molecule has 1 aromatic rings. The Bertz CT molecular complexity index is 362. The third-order valence-electron chi connectivity index (χ3n) is 2.93. The van der Waals surface area contributed by atoms with Crippen molar-refractivity contribution in [1.82, 2.24) is 9.97 Å². The van der Waals surface area contributed by atoms with Gasteiger partial charge in [-0.15, -0.1) is 0 Å². The molecule has 0 aliphatic heterocycles. The lowest BCUT2D eigenvalue weighted by atomic mass is 10.0. The minimum atomic E-state index is -0.326. The number of nitrogens with zero attached hydrogens (tertiary/aromatic N) is 2. The topological polar surface area (TPSA) is 37.8 Å². The van der Waals surface area contributed by atoms with Crippen LogP contribution < -0.4 is 5.32 Å². The molecular formula is C13H22FN3. The summed E-state index contributed by atoms with van der Waals surface area (Å²) in [6.45, 7) is 8.68. The maximum absolute atomic E-state index is 13.8. The predicted molar refractivity (Wildman–Crippen MR) is 68.8 cm³/mol. The van der Waals surface area contributed by atoms with Gasteiger partial charge >= 0.3 is 0 Å². The minimum absolute atomic E-state index is 0.316. The molecule has 1 N–H and O–H groups in total. The molecule has 96 valence electrons. The van der Waals surface area contributed by atoms with E-state index in [9.17, 15) is 4.39 Å². The van der Waals surface area contributed by atoms with Crippen LogP contribution in [0.1, 0.15) is 57.5 Å². The summed E-state index contributed by atoms with van der Waals surface area (Å²) in [5.74, 6) is 1.10. The molecule has 1 heterocycles. The van der Waals surface area contributed by atoms with E-state index in [1.54, 1.807) is 6.92 Å². The van der Waals surface area contributed by atoms with E-state index < -0.39 is 0 Å². The Hall–Kier alpha value is -1.19. The molecule has 0 fully saturated rings. The summed E-state index contributed by atoms with van der Waals surface area (Å²) in [6.07, 6.45) is 2.91. The molecule has 0 amide bonds. The highest BCUT2D eigenvalue weighted by molar-refractivity contribution is 5.38. The highest BCUT2D eigenvalue weighted by Gasteiger charge is 2.16. The van der Waals surface area contributed by atoms with Gasteiger partial charge in [0.15, 0.2) is 11.6 Å². The average molecular weight is 239 g/mol. The Morgan fingerprint density at radius 3 is 2.35 bits per heavy atom. The van der Waals surface area contributed by atoms with Gasteiger partial charge in [0.2, 0.25) is 0 Å². The fraction of sp³-hybridized carbons (Fsp3) is 0.692. The number of hydrogen-bond donors (Lipinski definition) is 1. The van der Waals surface area contributed by atoms with E-state index in [0.29, 0.717) is 17.4 Å². The van der Waals surface area contributed by atoms with Crippen LogP contribution in [0.2, 0.25) is 0 Å². The largest absolute Gasteiger partial charge is 0.368 e. The molecule has 0 bridgehead atoms. The van der Waals surface area contributed by atoms with Crippen molar-refractivity contribution in [2.75, 3.05) is 11.9 Å². The molecule has 0 saturated heterocycles. The van der Waals surface area contributed by atoms with Crippen LogP contribution in [0.3, 0.4) is 0 Å². The average Bonchev–Trinajstić information content (AvgIpc) is 2.33. The fourth-order valence-corrected chi connectivity index (χ4v) is 1.78. The molecule has 0 atom stereocenters. The Kier molecular flexibility index (Phi) is 5.32. The van der Waals surface area contributed by atoms with Gasteiger partial charge in [0.05, 0.1) is 5.69 Å². The van der Waals surface area contributed by atoms with Gasteiger partial charge in [0, 0.05) is 12.5 Å². The van der Waals surface area contributed by atoms with Crippen LogP contribution in [0.15, 0.2) is 0 Å². The Morgan fingerprint density at radius 2 is 1.82 bits per heavy atom. The van der Waals surface area contributed by atoms with Crippen molar-refractivity contribution in [1.29, 1.82) is 0 Å². The first-order valence-corrected chi connectivity index (χ1v) is 6.41. The van der Waals surface area contributed by atoms with Gasteiger partial charge in [-0.2, -0.15) is 0 Å². The fourth-order valence-electron chi connectivity index (χ4n) is 1.78. The van der Waals surface area contributed by atoms with Crippen molar-refractivity contribution >= 4 is 5.82 Å². The quantitative estimate of drug-likeness (QED) is 0.823. The summed E-state index contributed by atoms with van der Waals surface area (Å²) in [4.78, 5) is 8.57. The van der Waals surface area contributed by atoms with Crippen molar-refractivity contribution < 1.29 is 4.39 Å². The van der Waals surface area contributed by atoms with Gasteiger partial charge in [0.25, 0.3) is 0 Å². The number of aromatic nitrogens is 2. The molecule has 4 heteroatoms. The first-order valence-electron chi connectivity index (χ1n) is 6.41. The third-order valence-corrected chi connectivity index (χ3v) is 2.93. The van der Waals surface area contributed by atoms with Crippen LogP contribution in [0.5, 0.6) is 0 Å². The van der Waals surface area contributed by atoms with Crippen LogP contribution in [0.25, 0.3) is 0 Å². The maximum Gasteiger partial charge on any atom is 0.186 e. The maximum atomic E-state index is 13.8. The number of halogens is 1. The lowest BCUT2D eigenvalue weighted by molar-refractivity contribution is 0.566. The van der Waals surface area contributed by atoms with Crippen LogP contribution in [-0.2, 0) is 0 Å². The lowest BCUT2D eigenvalue weighted by Crippen LogP contribution is -2.12. The zero-order valence-electron chi connectivity index (χ0n) is 11.2. The van der Waals surface area contributed by atoms with Crippen LogP contribution in [0.4, 0.5) is 10.2 Å². The normalized spacial score (nSPS) is 10.9. The lowest BCUT2D eigenvalue weighted by Gasteiger charge is -2.14. The number of hydrogen-bond acceptors (Lipinski definition) is 3. The number of nitrogens with one attached hydrogen (secondary N) is 1. The molecule has 0 unspecified atom stereocenters. The van der Waals surface area contributed by atoms with Gasteiger partial charge < -0.3 is 5.32 Å². The van der Waals surface area contributed by atoms with Crippen molar-refractivity contribution in [3.63, 3.8) is 0 Å². The van der Waals surface area contributed by atoms with E-state index in [1.165, 1.54) is 0 Å². The second-order valence-electron chi connectivity index (χ2n) is 4.27. The number of aryl methyl sites for hydroxylation is 1. The van der Waals surface area contributed by atoms with E-state index in [2.05, 4.69) is 29.1 Å². The SMILES string of the molecule is CCCNc1nc(C(CC)CC)nc(C)c1F. The Balaban J connectivity index is 3.04. The number of rotatable bonds is 6. The molecule has 3 nitrogen and oxygen atoms in total. The van der Waals surface area contributed by atoms with E-state index in [4.69, 9.17) is 0 Å². The second-order valence-corrected chi connectivity index (χ2v) is 4.27. The highest BCUT2D eigenvalue weighted by Crippen LogP contribution is 2.23. The Labute approximate surface area is 103 Å². The van der Waals surface area contributed by atoms with Crippen molar-refractivity contribution in [3.05, 3.63) is 17.3 Å².